The highest BCUT2D eigenvalue weighted by Gasteiger charge is 2.12. The molecule has 2 N–H and O–H groups in total. The fourth-order valence-corrected chi connectivity index (χ4v) is 2.70. The third kappa shape index (κ3) is 1.87. The van der Waals surface area contributed by atoms with Crippen molar-refractivity contribution in [3.8, 4) is 17.0 Å². The van der Waals surface area contributed by atoms with E-state index in [9.17, 15) is 0 Å². The van der Waals surface area contributed by atoms with Crippen LogP contribution in [0.3, 0.4) is 0 Å². The minimum atomic E-state index is 0.242. The van der Waals surface area contributed by atoms with E-state index in [1.165, 1.54) is 0 Å². The number of benzene rings is 2. The molecular formula is C17H14N4O. The van der Waals surface area contributed by atoms with Gasteiger partial charge in [-0.05, 0) is 24.3 Å². The van der Waals surface area contributed by atoms with Gasteiger partial charge in [-0.3, -0.25) is 0 Å². The molecule has 4 rings (SSSR count). The second-order valence-electron chi connectivity index (χ2n) is 5.05. The summed E-state index contributed by atoms with van der Waals surface area (Å²) in [5.41, 5.74) is 9.58. The maximum Gasteiger partial charge on any atom is 0.239 e. The third-order valence-corrected chi connectivity index (χ3v) is 3.70. The van der Waals surface area contributed by atoms with Gasteiger partial charge in [0.1, 0.15) is 11.4 Å². The van der Waals surface area contributed by atoms with Crippen LogP contribution in [0.15, 0.2) is 54.6 Å². The van der Waals surface area contributed by atoms with Gasteiger partial charge in [0.05, 0.1) is 18.1 Å². The predicted octanol–water partition coefficient (Wildman–Crippen LogP) is 3.14. The average Bonchev–Trinajstić information content (AvgIpc) is 2.93. The van der Waals surface area contributed by atoms with E-state index in [0.717, 1.165) is 33.4 Å². The first kappa shape index (κ1) is 12.6. The van der Waals surface area contributed by atoms with E-state index in [1.54, 1.807) is 7.11 Å². The number of hydrogen-bond acceptors (Lipinski definition) is 4. The topological polar surface area (TPSA) is 65.4 Å². The van der Waals surface area contributed by atoms with E-state index in [2.05, 4.69) is 22.2 Å². The number of nitrogens with two attached hydrogens (primary N) is 1. The van der Waals surface area contributed by atoms with Crippen LogP contribution < -0.4 is 10.5 Å². The Labute approximate surface area is 127 Å². The Morgan fingerprint density at radius 3 is 2.73 bits per heavy atom. The molecule has 2 aromatic heterocycles. The van der Waals surface area contributed by atoms with Crippen LogP contribution in [0.25, 0.3) is 27.7 Å². The molecule has 0 radical (unpaired) electrons. The van der Waals surface area contributed by atoms with Crippen molar-refractivity contribution >= 4 is 22.4 Å². The lowest BCUT2D eigenvalue weighted by molar-refractivity contribution is 0.415. The molecule has 108 valence electrons. The summed E-state index contributed by atoms with van der Waals surface area (Å²) in [6.07, 6.45) is 0. The summed E-state index contributed by atoms with van der Waals surface area (Å²) in [6.45, 7) is 0. The van der Waals surface area contributed by atoms with Gasteiger partial charge in [0.2, 0.25) is 5.95 Å². The molecule has 0 aliphatic rings. The van der Waals surface area contributed by atoms with Crippen LogP contribution in [0.5, 0.6) is 5.75 Å². The molecule has 0 saturated heterocycles. The van der Waals surface area contributed by atoms with Crippen LogP contribution in [0.2, 0.25) is 0 Å². The van der Waals surface area contributed by atoms with Crippen LogP contribution in [0.1, 0.15) is 0 Å². The molecule has 0 fully saturated rings. The lowest BCUT2D eigenvalue weighted by atomic mass is 10.1. The van der Waals surface area contributed by atoms with Gasteiger partial charge in [0.15, 0.2) is 0 Å². The molecule has 2 aromatic carbocycles. The molecule has 0 amide bonds. The van der Waals surface area contributed by atoms with E-state index in [0.29, 0.717) is 0 Å². The van der Waals surface area contributed by atoms with Crippen LogP contribution >= 0.6 is 0 Å². The van der Waals surface area contributed by atoms with Crippen molar-refractivity contribution in [1.29, 1.82) is 0 Å². The lowest BCUT2D eigenvalue weighted by Gasteiger charge is -2.07. The molecule has 5 heteroatoms. The van der Waals surface area contributed by atoms with Gasteiger partial charge in [0.25, 0.3) is 0 Å². The normalized spacial score (nSPS) is 11.1. The number of anilines is 1. The van der Waals surface area contributed by atoms with Crippen molar-refractivity contribution in [3.05, 3.63) is 54.6 Å². The van der Waals surface area contributed by atoms with E-state index < -0.39 is 0 Å². The summed E-state index contributed by atoms with van der Waals surface area (Å²) < 4.78 is 7.14. The first-order valence-electron chi connectivity index (χ1n) is 6.95. The standard InChI is InChI=1S/C17H14N4O/c1-22-13-7-4-6-12(9-13)16-15-10-11-5-2-3-8-14(11)21(15)20-17(18)19-16/h2-10H,1H3,(H2,18,20). The van der Waals surface area contributed by atoms with Gasteiger partial charge >= 0.3 is 0 Å². The van der Waals surface area contributed by atoms with Gasteiger partial charge in [-0.15, -0.1) is 5.10 Å². The fourth-order valence-electron chi connectivity index (χ4n) is 2.70. The first-order valence-corrected chi connectivity index (χ1v) is 6.95. The number of rotatable bonds is 2. The Morgan fingerprint density at radius 1 is 1.00 bits per heavy atom. The molecule has 22 heavy (non-hydrogen) atoms. The van der Waals surface area contributed by atoms with Gasteiger partial charge in [0, 0.05) is 10.9 Å². The highest BCUT2D eigenvalue weighted by Crippen LogP contribution is 2.29. The summed E-state index contributed by atoms with van der Waals surface area (Å²) in [5.74, 6) is 1.02. The highest BCUT2D eigenvalue weighted by molar-refractivity contribution is 5.92. The largest absolute Gasteiger partial charge is 0.497 e. The van der Waals surface area contributed by atoms with Crippen molar-refractivity contribution in [3.63, 3.8) is 0 Å². The van der Waals surface area contributed by atoms with Crippen LogP contribution in [0.4, 0.5) is 5.95 Å². The summed E-state index contributed by atoms with van der Waals surface area (Å²) >= 11 is 0. The minimum absolute atomic E-state index is 0.242. The number of fused-ring (bicyclic) bond motifs is 3. The van der Waals surface area contributed by atoms with Gasteiger partial charge in [-0.1, -0.05) is 30.3 Å². The molecular weight excluding hydrogens is 276 g/mol. The molecule has 0 bridgehead atoms. The highest BCUT2D eigenvalue weighted by atomic mass is 16.5. The zero-order chi connectivity index (χ0) is 15.1. The fraction of sp³-hybridized carbons (Fsp3) is 0.0588. The Bertz CT molecular complexity index is 990. The Kier molecular flexibility index (Phi) is 2.72. The molecule has 4 aromatic rings. The van der Waals surface area contributed by atoms with Crippen molar-refractivity contribution in [2.24, 2.45) is 0 Å². The molecule has 0 atom stereocenters. The van der Waals surface area contributed by atoms with E-state index in [-0.39, 0.29) is 5.95 Å². The minimum Gasteiger partial charge on any atom is -0.497 e. The van der Waals surface area contributed by atoms with Crippen molar-refractivity contribution in [2.75, 3.05) is 12.8 Å². The Hall–Kier alpha value is -3.08. The maximum absolute atomic E-state index is 5.91. The number of nitrogen functional groups attached to an aromatic ring is 1. The number of aromatic nitrogens is 3. The summed E-state index contributed by atoms with van der Waals surface area (Å²) in [4.78, 5) is 4.43. The number of methoxy groups -OCH3 is 1. The van der Waals surface area contributed by atoms with Crippen molar-refractivity contribution in [1.82, 2.24) is 14.6 Å². The second kappa shape index (κ2) is 4.73. The smallest absolute Gasteiger partial charge is 0.239 e. The van der Waals surface area contributed by atoms with Gasteiger partial charge in [-0.2, -0.15) is 0 Å². The summed E-state index contributed by atoms with van der Waals surface area (Å²) in [5, 5.41) is 5.45. The van der Waals surface area contributed by atoms with E-state index >= 15 is 0 Å². The molecule has 0 spiro atoms. The number of ether oxygens (including phenoxy) is 1. The van der Waals surface area contributed by atoms with Gasteiger partial charge < -0.3 is 10.5 Å². The molecule has 0 unspecified atom stereocenters. The quantitative estimate of drug-likeness (QED) is 0.616. The molecule has 0 saturated carbocycles. The van der Waals surface area contributed by atoms with Crippen LogP contribution in [-0.4, -0.2) is 21.7 Å². The van der Waals surface area contributed by atoms with Crippen LogP contribution in [-0.2, 0) is 0 Å². The monoisotopic (exact) mass is 290 g/mol. The first-order chi connectivity index (χ1) is 10.8. The summed E-state index contributed by atoms with van der Waals surface area (Å²) in [7, 11) is 1.65. The SMILES string of the molecule is COc1cccc(-c2nc(N)nn3c2cc2ccccc23)c1. The van der Waals surface area contributed by atoms with Crippen molar-refractivity contribution in [2.45, 2.75) is 0 Å². The van der Waals surface area contributed by atoms with Crippen LogP contribution in [0, 0.1) is 0 Å². The lowest BCUT2D eigenvalue weighted by Crippen LogP contribution is -2.03. The van der Waals surface area contributed by atoms with Crippen molar-refractivity contribution < 1.29 is 4.74 Å². The third-order valence-electron chi connectivity index (χ3n) is 3.70. The molecule has 2 heterocycles. The molecule has 0 aliphatic heterocycles. The predicted molar refractivity (Wildman–Crippen MR) is 86.9 cm³/mol. The zero-order valence-corrected chi connectivity index (χ0v) is 12.0. The maximum atomic E-state index is 5.91. The summed E-state index contributed by atoms with van der Waals surface area (Å²) in [6, 6.07) is 17.9. The Morgan fingerprint density at radius 2 is 1.86 bits per heavy atom. The molecule has 5 nitrogen and oxygen atoms in total. The number of nitrogens with zero attached hydrogens (tertiary/aromatic N) is 3. The van der Waals surface area contributed by atoms with E-state index in [4.69, 9.17) is 10.5 Å². The van der Waals surface area contributed by atoms with E-state index in [1.807, 2.05) is 47.0 Å². The second-order valence-corrected chi connectivity index (χ2v) is 5.05. The zero-order valence-electron chi connectivity index (χ0n) is 12.0. The Balaban J connectivity index is 2.08. The molecule has 0 aliphatic carbocycles. The average molecular weight is 290 g/mol. The number of hydrogen-bond donors (Lipinski definition) is 1. The van der Waals surface area contributed by atoms with Gasteiger partial charge in [-0.25, -0.2) is 9.50 Å². The number of para-hydroxylation sites is 1.